The van der Waals surface area contributed by atoms with Crippen molar-refractivity contribution in [2.75, 3.05) is 128 Å². The molecule has 2 aromatic heterocycles. The van der Waals surface area contributed by atoms with Gasteiger partial charge in [0.2, 0.25) is 35.5 Å². The van der Waals surface area contributed by atoms with Crippen LogP contribution in [0.1, 0.15) is 11.1 Å². The summed E-state index contributed by atoms with van der Waals surface area (Å²) in [5.74, 6) is 2.22. The van der Waals surface area contributed by atoms with Gasteiger partial charge in [0.1, 0.15) is 37.9 Å². The third-order valence-corrected chi connectivity index (χ3v) is 12.4. The SMILES string of the molecule is COc1cc2nc(N3CCN(C(=O)CNC(=O)CNC(=O)OCc4ccccc4)CC3)nc(N)c2cc1OC.COc1cc2nc(N3CCN(C(=O)CNC(=O)CNC(=O)OCc4ccccc4)CC3)nc(N)c2cc1OC.Cl.Cl.O. The molecular formula is C52H66Cl2N14O13. The molecule has 4 aromatic carbocycles. The van der Waals surface area contributed by atoms with Crippen molar-refractivity contribution in [1.29, 1.82) is 0 Å². The van der Waals surface area contributed by atoms with Gasteiger partial charge in [0.25, 0.3) is 0 Å². The van der Waals surface area contributed by atoms with Gasteiger partial charge in [-0.05, 0) is 23.3 Å². The number of nitrogens with zero attached hydrogens (tertiary/aromatic N) is 8. The van der Waals surface area contributed by atoms with Gasteiger partial charge in [0, 0.05) is 75.3 Å². The van der Waals surface area contributed by atoms with Gasteiger partial charge in [-0.2, -0.15) is 9.97 Å². The van der Waals surface area contributed by atoms with E-state index < -0.39 is 24.0 Å². The van der Waals surface area contributed by atoms with Crippen LogP contribution < -0.4 is 61.5 Å². The number of nitrogens with two attached hydrogens (primary N) is 2. The monoisotopic (exact) mass is 1160 g/mol. The van der Waals surface area contributed by atoms with Crippen molar-refractivity contribution in [3.63, 3.8) is 0 Å². The number of halogens is 2. The molecular weight excluding hydrogens is 1100 g/mol. The van der Waals surface area contributed by atoms with Crippen LogP contribution in [-0.4, -0.2) is 178 Å². The number of methoxy groups -OCH3 is 4. The summed E-state index contributed by atoms with van der Waals surface area (Å²) in [6, 6.07) is 25.3. The van der Waals surface area contributed by atoms with Gasteiger partial charge in [-0.25, -0.2) is 19.6 Å². The Balaban J connectivity index is 0.000000336. The minimum atomic E-state index is -0.717. The number of piperazine rings is 2. The van der Waals surface area contributed by atoms with E-state index in [1.54, 1.807) is 62.5 Å². The van der Waals surface area contributed by atoms with Crippen molar-refractivity contribution >= 4 is 106 Å². The van der Waals surface area contributed by atoms with Crippen LogP contribution in [0.3, 0.4) is 0 Å². The molecule has 10 N–H and O–H groups in total. The summed E-state index contributed by atoms with van der Waals surface area (Å²) in [6.45, 7) is 2.89. The Morgan fingerprint density at radius 3 is 1.14 bits per heavy atom. The van der Waals surface area contributed by atoms with Gasteiger partial charge in [-0.3, -0.25) is 19.2 Å². The highest BCUT2D eigenvalue weighted by molar-refractivity contribution is 5.93. The maximum atomic E-state index is 12.6. The summed E-state index contributed by atoms with van der Waals surface area (Å²) in [5, 5.41) is 11.1. The molecule has 29 heteroatoms. The second-order valence-corrected chi connectivity index (χ2v) is 17.4. The topological polar surface area (TPSA) is 354 Å². The molecule has 8 rings (SSSR count). The summed E-state index contributed by atoms with van der Waals surface area (Å²) < 4.78 is 31.5. The number of aromatic nitrogens is 4. The van der Waals surface area contributed by atoms with E-state index in [9.17, 15) is 28.8 Å². The molecule has 0 bridgehead atoms. The molecule has 2 saturated heterocycles. The van der Waals surface area contributed by atoms with E-state index >= 15 is 0 Å². The fourth-order valence-electron chi connectivity index (χ4n) is 8.08. The van der Waals surface area contributed by atoms with Gasteiger partial charge in [-0.15, -0.1) is 24.8 Å². The van der Waals surface area contributed by atoms with Gasteiger partial charge in [0.15, 0.2) is 23.0 Å². The first kappa shape index (κ1) is 64.4. The number of anilines is 4. The minimum Gasteiger partial charge on any atom is -0.493 e. The van der Waals surface area contributed by atoms with Crippen LogP contribution >= 0.6 is 24.8 Å². The predicted octanol–water partition coefficient (Wildman–Crippen LogP) is 1.86. The van der Waals surface area contributed by atoms with Gasteiger partial charge < -0.3 is 86.2 Å². The van der Waals surface area contributed by atoms with Crippen molar-refractivity contribution in [2.45, 2.75) is 13.2 Å². The van der Waals surface area contributed by atoms with Crippen LogP contribution in [0.2, 0.25) is 0 Å². The largest absolute Gasteiger partial charge is 0.493 e. The van der Waals surface area contributed by atoms with Crippen molar-refractivity contribution in [3.05, 3.63) is 96.1 Å². The third kappa shape index (κ3) is 18.0. The number of carbonyl (C=O) groups is 6. The third-order valence-electron chi connectivity index (χ3n) is 12.4. The number of nitrogens with one attached hydrogen (secondary N) is 4. The van der Waals surface area contributed by atoms with Crippen LogP contribution in [0, 0.1) is 0 Å². The molecule has 0 saturated carbocycles. The summed E-state index contributed by atoms with van der Waals surface area (Å²) in [4.78, 5) is 98.2. The number of hydrogen-bond donors (Lipinski definition) is 6. The minimum absolute atomic E-state index is 0. The van der Waals surface area contributed by atoms with E-state index in [0.29, 0.717) is 121 Å². The van der Waals surface area contributed by atoms with Crippen LogP contribution in [0.15, 0.2) is 84.9 Å². The highest BCUT2D eigenvalue weighted by Gasteiger charge is 2.26. The van der Waals surface area contributed by atoms with E-state index in [0.717, 1.165) is 11.1 Å². The van der Waals surface area contributed by atoms with Crippen molar-refractivity contribution in [2.24, 2.45) is 0 Å². The zero-order valence-electron chi connectivity index (χ0n) is 44.9. The lowest BCUT2D eigenvalue weighted by Gasteiger charge is -2.35. The van der Waals surface area contributed by atoms with E-state index in [1.165, 1.54) is 0 Å². The van der Waals surface area contributed by atoms with E-state index in [1.807, 2.05) is 70.5 Å². The molecule has 2 aliphatic rings. The number of hydrogen-bond acceptors (Lipinski definition) is 20. The van der Waals surface area contributed by atoms with Crippen LogP contribution in [0.4, 0.5) is 33.1 Å². The Morgan fingerprint density at radius 2 is 0.802 bits per heavy atom. The molecule has 0 unspecified atom stereocenters. The number of rotatable bonds is 18. The van der Waals surface area contributed by atoms with Crippen molar-refractivity contribution in [1.82, 2.24) is 51.0 Å². The zero-order chi connectivity index (χ0) is 55.6. The average molecular weight is 1170 g/mol. The Hall–Kier alpha value is -9.08. The molecule has 436 valence electrons. The molecule has 2 aliphatic heterocycles. The molecule has 2 fully saturated rings. The lowest BCUT2D eigenvalue weighted by molar-refractivity contribution is -0.133. The Morgan fingerprint density at radius 1 is 0.469 bits per heavy atom. The number of ether oxygens (including phenoxy) is 6. The average Bonchev–Trinajstić information content (AvgIpc) is 3.47. The van der Waals surface area contributed by atoms with Gasteiger partial charge >= 0.3 is 12.2 Å². The lowest BCUT2D eigenvalue weighted by Crippen LogP contribution is -2.52. The number of benzene rings is 4. The van der Waals surface area contributed by atoms with Crippen molar-refractivity contribution in [3.8, 4) is 23.0 Å². The standard InChI is InChI=1S/2C26H31N7O6.2ClH.H2O/c2*1-37-20-12-18-19(13-21(20)38-2)30-25(31-24(18)27)33-10-8-32(9-11-33)23(35)15-28-22(34)14-29-26(36)39-16-17-6-4-3-5-7-17;;;/h2*3-7,12-13H,8-11,14-16H2,1-2H3,(H,28,34)(H,29,36)(H2,27,30,31);2*1H;1H2. The Bertz CT molecular complexity index is 2880. The normalized spacial score (nSPS) is 12.6. The summed E-state index contributed by atoms with van der Waals surface area (Å²) in [6.07, 6.45) is -1.43. The number of fused-ring (bicyclic) bond motifs is 2. The molecule has 81 heavy (non-hydrogen) atoms. The quantitative estimate of drug-likeness (QED) is 0.0715. The van der Waals surface area contributed by atoms with E-state index in [2.05, 4.69) is 41.2 Å². The molecule has 6 amide bonds. The maximum Gasteiger partial charge on any atom is 0.407 e. The number of amides is 6. The number of alkyl carbamates (subject to hydrolysis) is 2. The van der Waals surface area contributed by atoms with Crippen molar-refractivity contribution < 1.29 is 62.7 Å². The fourth-order valence-corrected chi connectivity index (χ4v) is 8.08. The summed E-state index contributed by atoms with van der Waals surface area (Å²) >= 11 is 0. The first-order valence-corrected chi connectivity index (χ1v) is 24.6. The molecule has 0 aliphatic carbocycles. The molecule has 0 atom stereocenters. The number of nitrogen functional groups attached to an aromatic ring is 2. The van der Waals surface area contributed by atoms with Crippen LogP contribution in [-0.2, 0) is 41.9 Å². The molecule has 4 heterocycles. The Labute approximate surface area is 478 Å². The molecule has 0 spiro atoms. The Kier molecular flexibility index (Phi) is 25.1. The van der Waals surface area contributed by atoms with E-state index in [-0.39, 0.29) is 81.5 Å². The lowest BCUT2D eigenvalue weighted by atomic mass is 10.2. The molecule has 0 radical (unpaired) electrons. The highest BCUT2D eigenvalue weighted by atomic mass is 35.5. The van der Waals surface area contributed by atoms with Gasteiger partial charge in [-0.1, -0.05) is 60.7 Å². The maximum absolute atomic E-state index is 12.6. The molecule has 6 aromatic rings. The fraction of sp³-hybridized carbons (Fsp3) is 0.346. The second kappa shape index (κ2) is 31.5. The summed E-state index contributed by atoms with van der Waals surface area (Å²) in [5.41, 5.74) is 15.3. The molecule has 27 nitrogen and oxygen atoms in total. The summed E-state index contributed by atoms with van der Waals surface area (Å²) in [7, 11) is 6.18. The first-order valence-electron chi connectivity index (χ1n) is 24.6. The smallest absolute Gasteiger partial charge is 0.407 e. The second-order valence-electron chi connectivity index (χ2n) is 17.4. The van der Waals surface area contributed by atoms with Gasteiger partial charge in [0.05, 0.1) is 52.6 Å². The van der Waals surface area contributed by atoms with Crippen LogP contribution in [0.25, 0.3) is 21.8 Å². The number of carbonyl (C=O) groups excluding carboxylic acids is 6. The van der Waals surface area contributed by atoms with E-state index in [4.69, 9.17) is 39.9 Å². The zero-order valence-corrected chi connectivity index (χ0v) is 46.6. The first-order chi connectivity index (χ1) is 37.7. The van der Waals surface area contributed by atoms with Crippen LogP contribution in [0.5, 0.6) is 23.0 Å². The highest BCUT2D eigenvalue weighted by Crippen LogP contribution is 2.35. The predicted molar refractivity (Wildman–Crippen MR) is 305 cm³/mol.